The maximum atomic E-state index is 13.5. The zero-order chi connectivity index (χ0) is 23.5. The number of hydrogen-bond donors (Lipinski definition) is 2. The molecule has 0 saturated heterocycles. The van der Waals surface area contributed by atoms with Crippen molar-refractivity contribution in [1.82, 2.24) is 4.98 Å². The predicted octanol–water partition coefficient (Wildman–Crippen LogP) is 6.76. The van der Waals surface area contributed by atoms with Crippen LogP contribution in [0, 0.1) is 18.3 Å². The Morgan fingerprint density at radius 2 is 1.72 bits per heavy atom. The molecule has 3 rings (SSSR count). The van der Waals surface area contributed by atoms with Gasteiger partial charge in [-0.25, -0.2) is 0 Å². The highest BCUT2D eigenvalue weighted by molar-refractivity contribution is 5.66. The average molecular weight is 436 g/mol. The van der Waals surface area contributed by atoms with E-state index in [1.54, 1.807) is 18.5 Å². The van der Waals surface area contributed by atoms with Crippen LogP contribution in [0.4, 0.5) is 24.5 Å². The number of nitrogens with one attached hydrogen (secondary N) is 2. The number of aromatic nitrogens is 1. The Labute approximate surface area is 185 Å². The van der Waals surface area contributed by atoms with Gasteiger partial charge in [0.15, 0.2) is 0 Å². The summed E-state index contributed by atoms with van der Waals surface area (Å²) < 4.78 is 40.4. The van der Waals surface area contributed by atoms with E-state index in [-0.39, 0.29) is 11.3 Å². The number of benzene rings is 2. The molecule has 0 radical (unpaired) electrons. The number of hydrogen-bond acceptors (Lipinski definition) is 4. The maximum absolute atomic E-state index is 13.5. The summed E-state index contributed by atoms with van der Waals surface area (Å²) in [7, 11) is 0. The maximum Gasteiger partial charge on any atom is 0.418 e. The van der Waals surface area contributed by atoms with E-state index in [1.807, 2.05) is 50.2 Å². The van der Waals surface area contributed by atoms with Crippen molar-refractivity contribution in [2.45, 2.75) is 32.5 Å². The lowest BCUT2D eigenvalue weighted by Gasteiger charge is -2.31. The third kappa shape index (κ3) is 4.92. The van der Waals surface area contributed by atoms with Crippen LogP contribution in [0.5, 0.6) is 0 Å². The Balaban J connectivity index is 1.79. The van der Waals surface area contributed by atoms with Gasteiger partial charge in [0.1, 0.15) is 0 Å². The fourth-order valence-electron chi connectivity index (χ4n) is 3.34. The Hall–Kier alpha value is -3.79. The van der Waals surface area contributed by atoms with Crippen molar-refractivity contribution in [3.8, 4) is 17.2 Å². The second-order valence-electron chi connectivity index (χ2n) is 7.94. The van der Waals surface area contributed by atoms with Gasteiger partial charge in [0, 0.05) is 29.5 Å². The highest BCUT2D eigenvalue weighted by Gasteiger charge is 2.36. The van der Waals surface area contributed by atoms with Crippen LogP contribution in [-0.2, 0) is 6.18 Å². The lowest BCUT2D eigenvalue weighted by molar-refractivity contribution is -0.138. The number of halogens is 3. The number of alkyl halides is 3. The summed E-state index contributed by atoms with van der Waals surface area (Å²) in [6.45, 7) is 9.13. The van der Waals surface area contributed by atoms with Gasteiger partial charge in [-0.2, -0.15) is 18.4 Å². The number of nitriles is 1. The summed E-state index contributed by atoms with van der Waals surface area (Å²) in [5, 5.41) is 15.4. The SMILES string of the molecule is C=C(Nc1ccc(C#N)c(C(F)(F)F)c1C)C(C)(C)Nc1ccc(-c2cccnc2)cc1. The number of rotatable bonds is 6. The molecule has 7 heteroatoms. The summed E-state index contributed by atoms with van der Waals surface area (Å²) in [6, 6.07) is 15.9. The molecule has 0 aliphatic carbocycles. The van der Waals surface area contributed by atoms with E-state index in [4.69, 9.17) is 5.26 Å². The molecule has 0 aliphatic rings. The van der Waals surface area contributed by atoms with Gasteiger partial charge in [-0.3, -0.25) is 4.98 Å². The van der Waals surface area contributed by atoms with E-state index >= 15 is 0 Å². The minimum atomic E-state index is -4.63. The highest BCUT2D eigenvalue weighted by atomic mass is 19.4. The number of nitrogens with zero attached hydrogens (tertiary/aromatic N) is 2. The standard InChI is InChI=1S/C25H23F3N4/c1-16-22(12-9-19(14-29)23(16)25(26,27)28)31-17(2)24(3,4)32-21-10-7-18(8-11-21)20-6-5-13-30-15-20/h5-13,15,31-32H,2H2,1,3-4H3. The molecule has 0 bridgehead atoms. The Morgan fingerprint density at radius 1 is 1.03 bits per heavy atom. The van der Waals surface area contributed by atoms with Gasteiger partial charge in [0.05, 0.1) is 22.7 Å². The number of anilines is 2. The Morgan fingerprint density at radius 3 is 2.28 bits per heavy atom. The summed E-state index contributed by atoms with van der Waals surface area (Å²) in [5.41, 5.74) is 1.51. The molecule has 0 saturated carbocycles. The average Bonchev–Trinajstić information content (AvgIpc) is 2.74. The highest BCUT2D eigenvalue weighted by Crippen LogP contribution is 2.38. The minimum absolute atomic E-state index is 0.0469. The van der Waals surface area contributed by atoms with Gasteiger partial charge in [0.25, 0.3) is 0 Å². The van der Waals surface area contributed by atoms with Crippen LogP contribution >= 0.6 is 0 Å². The molecule has 1 aromatic heterocycles. The van der Waals surface area contributed by atoms with Gasteiger partial charge in [0.2, 0.25) is 0 Å². The van der Waals surface area contributed by atoms with Crippen molar-refractivity contribution in [1.29, 1.82) is 5.26 Å². The van der Waals surface area contributed by atoms with E-state index in [9.17, 15) is 13.2 Å². The molecule has 32 heavy (non-hydrogen) atoms. The Bertz CT molecular complexity index is 1160. The molecule has 164 valence electrons. The third-order valence-electron chi connectivity index (χ3n) is 5.25. The summed E-state index contributed by atoms with van der Waals surface area (Å²) in [4.78, 5) is 4.12. The van der Waals surface area contributed by atoms with E-state index in [2.05, 4.69) is 22.2 Å². The zero-order valence-electron chi connectivity index (χ0n) is 18.0. The molecule has 4 nitrogen and oxygen atoms in total. The molecule has 1 heterocycles. The minimum Gasteiger partial charge on any atom is -0.375 e. The first-order valence-corrected chi connectivity index (χ1v) is 9.89. The topological polar surface area (TPSA) is 60.7 Å². The van der Waals surface area contributed by atoms with Crippen molar-refractivity contribution >= 4 is 11.4 Å². The summed E-state index contributed by atoms with van der Waals surface area (Å²) in [5.74, 6) is 0. The monoisotopic (exact) mass is 436 g/mol. The largest absolute Gasteiger partial charge is 0.418 e. The third-order valence-corrected chi connectivity index (χ3v) is 5.25. The van der Waals surface area contributed by atoms with Gasteiger partial charge in [-0.1, -0.05) is 24.8 Å². The zero-order valence-corrected chi connectivity index (χ0v) is 18.0. The first kappa shape index (κ1) is 22.9. The molecule has 0 fully saturated rings. The molecule has 2 aromatic carbocycles. The number of pyridine rings is 1. The molecule has 2 N–H and O–H groups in total. The van der Waals surface area contributed by atoms with E-state index in [0.29, 0.717) is 5.70 Å². The van der Waals surface area contributed by atoms with Crippen LogP contribution in [0.15, 0.2) is 73.2 Å². The lowest BCUT2D eigenvalue weighted by atomic mass is 9.97. The van der Waals surface area contributed by atoms with E-state index < -0.39 is 22.8 Å². The molecular formula is C25H23F3N4. The van der Waals surface area contributed by atoms with Crippen molar-refractivity contribution < 1.29 is 13.2 Å². The van der Waals surface area contributed by atoms with Gasteiger partial charge in [-0.05, 0) is 67.8 Å². The smallest absolute Gasteiger partial charge is 0.375 e. The van der Waals surface area contributed by atoms with Crippen LogP contribution in [0.2, 0.25) is 0 Å². The van der Waals surface area contributed by atoms with Crippen molar-refractivity contribution in [3.63, 3.8) is 0 Å². The second-order valence-corrected chi connectivity index (χ2v) is 7.94. The lowest BCUT2D eigenvalue weighted by Crippen LogP contribution is -2.36. The first-order valence-electron chi connectivity index (χ1n) is 9.89. The molecule has 0 amide bonds. The van der Waals surface area contributed by atoms with E-state index in [1.165, 1.54) is 19.1 Å². The molecule has 0 unspecified atom stereocenters. The van der Waals surface area contributed by atoms with Gasteiger partial charge < -0.3 is 10.6 Å². The Kier molecular flexibility index (Phi) is 6.26. The van der Waals surface area contributed by atoms with Gasteiger partial charge in [-0.15, -0.1) is 0 Å². The van der Waals surface area contributed by atoms with Crippen molar-refractivity contribution in [2.75, 3.05) is 10.6 Å². The van der Waals surface area contributed by atoms with Crippen LogP contribution in [0.25, 0.3) is 11.1 Å². The molecule has 0 spiro atoms. The molecule has 0 aliphatic heterocycles. The van der Waals surface area contributed by atoms with Crippen LogP contribution in [0.1, 0.15) is 30.5 Å². The second kappa shape index (κ2) is 8.75. The summed E-state index contributed by atoms with van der Waals surface area (Å²) in [6.07, 6.45) is -1.13. The van der Waals surface area contributed by atoms with Crippen LogP contribution in [0.3, 0.4) is 0 Å². The normalized spacial score (nSPS) is 11.5. The van der Waals surface area contributed by atoms with Crippen LogP contribution in [-0.4, -0.2) is 10.5 Å². The van der Waals surface area contributed by atoms with Crippen molar-refractivity contribution in [2.24, 2.45) is 0 Å². The summed E-state index contributed by atoms with van der Waals surface area (Å²) >= 11 is 0. The van der Waals surface area contributed by atoms with Crippen LogP contribution < -0.4 is 10.6 Å². The van der Waals surface area contributed by atoms with Gasteiger partial charge >= 0.3 is 6.18 Å². The molecule has 3 aromatic rings. The van der Waals surface area contributed by atoms with E-state index in [0.717, 1.165) is 16.8 Å². The van der Waals surface area contributed by atoms with Crippen molar-refractivity contribution in [3.05, 3.63) is 89.9 Å². The predicted molar refractivity (Wildman–Crippen MR) is 121 cm³/mol. The first-order chi connectivity index (χ1) is 15.0. The molecular weight excluding hydrogens is 413 g/mol. The fourth-order valence-corrected chi connectivity index (χ4v) is 3.34. The molecule has 0 atom stereocenters. The fraction of sp³-hybridized carbons (Fsp3) is 0.200. The quantitative estimate of drug-likeness (QED) is 0.448.